The quantitative estimate of drug-likeness (QED) is 0.157. The van der Waals surface area contributed by atoms with E-state index in [1.807, 2.05) is 12.1 Å². The summed E-state index contributed by atoms with van der Waals surface area (Å²) in [5, 5.41) is 1.46. The number of hydrogen-bond acceptors (Lipinski definition) is 5. The second-order valence-corrected chi connectivity index (χ2v) is 16.2. The lowest BCUT2D eigenvalue weighted by molar-refractivity contribution is 0.243. The topological polar surface area (TPSA) is 49.8 Å². The summed E-state index contributed by atoms with van der Waals surface area (Å²) in [5.74, 6) is 1.93. The molecule has 3 aromatic rings. The van der Waals surface area contributed by atoms with Gasteiger partial charge in [0.25, 0.3) is 0 Å². The van der Waals surface area contributed by atoms with E-state index in [1.54, 1.807) is 21.3 Å². The normalized spacial score (nSPS) is 15.9. The Morgan fingerprint density at radius 3 is 2.05 bits per heavy atom. The maximum atomic E-state index is 7.35. The lowest BCUT2D eigenvalue weighted by Gasteiger charge is -2.36. The predicted octanol–water partition coefficient (Wildman–Crippen LogP) is 7.91. The van der Waals surface area contributed by atoms with E-state index >= 15 is 0 Å². The summed E-state index contributed by atoms with van der Waals surface area (Å²) < 4.78 is 24.2. The lowest BCUT2D eigenvalue weighted by atomic mass is 9.97. The van der Waals surface area contributed by atoms with Crippen LogP contribution in [0.5, 0.6) is 17.2 Å². The number of rotatable bonds is 13. The molecule has 1 aliphatic heterocycles. The monoisotopic (exact) mass is 561 g/mol. The van der Waals surface area contributed by atoms with Crippen LogP contribution >= 0.6 is 0 Å². The van der Waals surface area contributed by atoms with Crippen molar-refractivity contribution in [2.45, 2.75) is 90.3 Å². The van der Waals surface area contributed by atoms with E-state index in [0.29, 0.717) is 34.8 Å². The molecule has 6 heteroatoms. The number of aromatic nitrogens is 1. The highest BCUT2D eigenvalue weighted by Crippen LogP contribution is 2.47. The van der Waals surface area contributed by atoms with Crippen LogP contribution in [-0.2, 0) is 17.3 Å². The molecule has 0 saturated heterocycles. The first-order valence-electron chi connectivity index (χ1n) is 14.8. The minimum absolute atomic E-state index is 0.0660. The van der Waals surface area contributed by atoms with Gasteiger partial charge in [0.15, 0.2) is 11.5 Å². The Balaban J connectivity index is 1.89. The van der Waals surface area contributed by atoms with Crippen LogP contribution in [0.25, 0.3) is 0 Å². The number of methoxy groups -OCH3 is 3. The molecule has 0 spiro atoms. The van der Waals surface area contributed by atoms with E-state index < -0.39 is 8.32 Å². The zero-order valence-electron chi connectivity index (χ0n) is 25.7. The summed E-state index contributed by atoms with van der Waals surface area (Å²) in [7, 11) is 2.61. The maximum absolute atomic E-state index is 7.35. The first-order valence-corrected chi connectivity index (χ1v) is 16.9. The van der Waals surface area contributed by atoms with Gasteiger partial charge in [-0.25, -0.2) is 0 Å². The van der Waals surface area contributed by atoms with Crippen molar-refractivity contribution in [1.29, 1.82) is 0 Å². The molecule has 5 nitrogen and oxygen atoms in total. The van der Waals surface area contributed by atoms with Crippen molar-refractivity contribution >= 4 is 13.5 Å². The maximum Gasteiger partial charge on any atom is 0.232 e. The second-order valence-electron chi connectivity index (χ2n) is 11.6. The third-order valence-electron chi connectivity index (χ3n) is 8.36. The Labute approximate surface area is 242 Å². The number of pyridine rings is 1. The van der Waals surface area contributed by atoms with Crippen molar-refractivity contribution in [1.82, 2.24) is 4.98 Å². The number of hydrogen-bond donors (Lipinski definition) is 0. The molecule has 0 radical (unpaired) electrons. The molecule has 40 heavy (non-hydrogen) atoms. The molecule has 216 valence electrons. The van der Waals surface area contributed by atoms with Crippen LogP contribution in [-0.4, -0.2) is 34.6 Å². The Morgan fingerprint density at radius 1 is 0.850 bits per heavy atom. The molecular weight excluding hydrogens is 514 g/mol. The highest BCUT2D eigenvalue weighted by molar-refractivity contribution is 6.90. The minimum Gasteiger partial charge on any atom is -0.493 e. The Bertz CT molecular complexity index is 1240. The molecule has 4 rings (SSSR count). The molecule has 2 aromatic carbocycles. The van der Waals surface area contributed by atoms with Gasteiger partial charge in [-0.15, -0.1) is 0 Å². The number of ether oxygens (including phenoxy) is 3. The summed E-state index contributed by atoms with van der Waals surface area (Å²) >= 11 is 0. The fraction of sp³-hybridized carbons (Fsp3) is 0.500. The van der Waals surface area contributed by atoms with Crippen molar-refractivity contribution in [2.24, 2.45) is 0 Å². The average Bonchev–Trinajstić information content (AvgIpc) is 3.32. The zero-order valence-corrected chi connectivity index (χ0v) is 26.7. The van der Waals surface area contributed by atoms with Gasteiger partial charge in [0.1, 0.15) is 0 Å². The van der Waals surface area contributed by atoms with Gasteiger partial charge >= 0.3 is 0 Å². The highest BCUT2D eigenvalue weighted by atomic mass is 28.4. The summed E-state index contributed by atoms with van der Waals surface area (Å²) in [5.41, 5.74) is 6.81. The van der Waals surface area contributed by atoms with Gasteiger partial charge in [-0.1, -0.05) is 84.2 Å². The van der Waals surface area contributed by atoms with E-state index in [4.69, 9.17) is 23.6 Å². The van der Waals surface area contributed by atoms with Crippen molar-refractivity contribution in [3.63, 3.8) is 0 Å². The van der Waals surface area contributed by atoms with Gasteiger partial charge in [-0.3, -0.25) is 4.98 Å². The Kier molecular flexibility index (Phi) is 9.96. The molecule has 0 fully saturated rings. The van der Waals surface area contributed by atoms with Crippen molar-refractivity contribution in [3.05, 3.63) is 76.6 Å². The van der Waals surface area contributed by atoms with E-state index in [0.717, 1.165) is 24.1 Å². The SMILES string of the molecule is CCCCCCc1nc(Cc2cc(OC)c(OC)c(OC)c2)cc2c1[Si](C(C)C)(C(C)C)O[C@H]2c1ccccc1. The standard InChI is InChI=1S/C34H47NO4Si/c1-9-10-11-15-18-29-34-28(32(26-16-13-12-14-17-26)39-40(34,23(2)3)24(4)5)22-27(35-29)19-25-20-30(36-6)33(38-8)31(21-25)37-7/h12-14,16-17,20-24,32H,9-11,15,18-19H2,1-8H3/t32-/m0/s1. The van der Waals surface area contributed by atoms with E-state index in [-0.39, 0.29) is 6.10 Å². The summed E-state index contributed by atoms with van der Waals surface area (Å²) in [6.07, 6.45) is 6.46. The van der Waals surface area contributed by atoms with Crippen LogP contribution in [0.15, 0.2) is 48.5 Å². The molecule has 0 unspecified atom stereocenters. The highest BCUT2D eigenvalue weighted by Gasteiger charge is 2.54. The molecule has 1 aliphatic rings. The van der Waals surface area contributed by atoms with E-state index in [2.05, 4.69) is 71.0 Å². The van der Waals surface area contributed by atoms with Gasteiger partial charge in [-0.05, 0) is 64.0 Å². The first-order chi connectivity index (χ1) is 19.3. The smallest absolute Gasteiger partial charge is 0.232 e. The van der Waals surface area contributed by atoms with Crippen LogP contribution in [0.1, 0.15) is 94.5 Å². The molecule has 0 N–H and O–H groups in total. The Morgan fingerprint density at radius 2 is 1.50 bits per heavy atom. The molecule has 0 bridgehead atoms. The number of nitrogens with zero attached hydrogens (tertiary/aromatic N) is 1. The predicted molar refractivity (Wildman–Crippen MR) is 166 cm³/mol. The molecule has 0 saturated carbocycles. The van der Waals surface area contributed by atoms with Crippen LogP contribution in [0.4, 0.5) is 0 Å². The van der Waals surface area contributed by atoms with Crippen LogP contribution in [0.2, 0.25) is 11.1 Å². The molecule has 2 heterocycles. The lowest BCUT2D eigenvalue weighted by Crippen LogP contribution is -2.54. The fourth-order valence-electron chi connectivity index (χ4n) is 6.48. The molecule has 1 atom stereocenters. The van der Waals surface area contributed by atoms with E-state index in [1.165, 1.54) is 41.3 Å². The minimum atomic E-state index is -2.34. The fourth-order valence-corrected chi connectivity index (χ4v) is 11.6. The average molecular weight is 562 g/mol. The van der Waals surface area contributed by atoms with Crippen LogP contribution < -0.4 is 19.4 Å². The number of aryl methyl sites for hydroxylation is 1. The third-order valence-corrected chi connectivity index (χ3v) is 13.8. The molecule has 0 aliphatic carbocycles. The number of benzene rings is 2. The zero-order chi connectivity index (χ0) is 28.9. The van der Waals surface area contributed by atoms with Crippen LogP contribution in [0, 0.1) is 0 Å². The molecule has 0 amide bonds. The van der Waals surface area contributed by atoms with Gasteiger partial charge in [0.2, 0.25) is 14.1 Å². The summed E-state index contributed by atoms with van der Waals surface area (Å²) in [6.45, 7) is 11.7. The van der Waals surface area contributed by atoms with E-state index in [9.17, 15) is 0 Å². The molecular formula is C34H47NO4Si. The van der Waals surface area contributed by atoms with Gasteiger partial charge in [-0.2, -0.15) is 0 Å². The largest absolute Gasteiger partial charge is 0.493 e. The second kappa shape index (κ2) is 13.2. The number of unbranched alkanes of at least 4 members (excludes halogenated alkanes) is 3. The van der Waals surface area contributed by atoms with Gasteiger partial charge < -0.3 is 18.6 Å². The Hall–Kier alpha value is -2.83. The van der Waals surface area contributed by atoms with Gasteiger partial charge in [0.05, 0.1) is 27.4 Å². The summed E-state index contributed by atoms with van der Waals surface area (Å²) in [4.78, 5) is 5.42. The van der Waals surface area contributed by atoms with Crippen molar-refractivity contribution in [3.8, 4) is 17.2 Å². The summed E-state index contributed by atoms with van der Waals surface area (Å²) in [6, 6.07) is 17.1. The van der Waals surface area contributed by atoms with Crippen molar-refractivity contribution < 1.29 is 18.6 Å². The molecule has 1 aromatic heterocycles. The van der Waals surface area contributed by atoms with Crippen molar-refractivity contribution in [2.75, 3.05) is 21.3 Å². The first kappa shape index (κ1) is 30.1. The van der Waals surface area contributed by atoms with Crippen LogP contribution in [0.3, 0.4) is 0 Å². The third kappa shape index (κ3) is 5.80. The van der Waals surface area contributed by atoms with Gasteiger partial charge in [0, 0.05) is 17.8 Å². The number of fused-ring (bicyclic) bond motifs is 1.